The monoisotopic (exact) mass is 288 g/mol. The lowest BCUT2D eigenvalue weighted by Gasteiger charge is -2.21. The summed E-state index contributed by atoms with van der Waals surface area (Å²) < 4.78 is 50.0. The molecule has 0 spiro atoms. The maximum atomic E-state index is 13.4. The average Bonchev–Trinajstić information content (AvgIpc) is 2.33. The molecular weight excluding hydrogens is 274 g/mol. The topological polar surface area (TPSA) is 51.2 Å². The fraction of sp³-hybridized carbons (Fsp3) is 0.462. The molecule has 1 aromatic carbocycles. The van der Waals surface area contributed by atoms with Gasteiger partial charge in [-0.1, -0.05) is 6.42 Å². The standard InChI is InChI=1S/C13H14F2O3S/c14-10-4-5-11(15)9(7-10)8-12(16)13-3-1-2-6-19(13,17)18/h4-5,7,13H,1-3,6,8H2. The van der Waals surface area contributed by atoms with Gasteiger partial charge in [0.15, 0.2) is 15.6 Å². The number of carbonyl (C=O) groups is 1. The van der Waals surface area contributed by atoms with E-state index in [1.165, 1.54) is 0 Å². The Labute approximate surface area is 110 Å². The van der Waals surface area contributed by atoms with Gasteiger partial charge < -0.3 is 0 Å². The zero-order chi connectivity index (χ0) is 14.0. The van der Waals surface area contributed by atoms with Gasteiger partial charge in [-0.3, -0.25) is 4.79 Å². The average molecular weight is 288 g/mol. The molecule has 0 N–H and O–H groups in total. The lowest BCUT2D eigenvalue weighted by Crippen LogP contribution is -2.36. The van der Waals surface area contributed by atoms with Gasteiger partial charge in [0.25, 0.3) is 0 Å². The van der Waals surface area contributed by atoms with Gasteiger partial charge in [0.2, 0.25) is 0 Å². The highest BCUT2D eigenvalue weighted by molar-refractivity contribution is 7.92. The number of hydrogen-bond donors (Lipinski definition) is 0. The van der Waals surface area contributed by atoms with Crippen LogP contribution in [-0.4, -0.2) is 25.2 Å². The Morgan fingerprint density at radius 3 is 2.68 bits per heavy atom. The first-order valence-electron chi connectivity index (χ1n) is 6.08. The molecule has 0 aromatic heterocycles. The van der Waals surface area contributed by atoms with Crippen molar-refractivity contribution in [2.75, 3.05) is 5.75 Å². The van der Waals surface area contributed by atoms with E-state index < -0.39 is 32.5 Å². The van der Waals surface area contributed by atoms with Crippen LogP contribution in [0.3, 0.4) is 0 Å². The van der Waals surface area contributed by atoms with Crippen molar-refractivity contribution in [3.8, 4) is 0 Å². The number of hydrogen-bond acceptors (Lipinski definition) is 3. The van der Waals surface area contributed by atoms with Crippen molar-refractivity contribution in [2.45, 2.75) is 30.9 Å². The summed E-state index contributed by atoms with van der Waals surface area (Å²) >= 11 is 0. The first kappa shape index (κ1) is 14.1. The van der Waals surface area contributed by atoms with Crippen molar-refractivity contribution in [2.24, 2.45) is 0 Å². The lowest BCUT2D eigenvalue weighted by molar-refractivity contribution is -0.118. The number of carbonyl (C=O) groups excluding carboxylic acids is 1. The minimum atomic E-state index is -3.43. The van der Waals surface area contributed by atoms with E-state index in [1.807, 2.05) is 0 Å². The Balaban J connectivity index is 2.19. The molecule has 104 valence electrons. The molecule has 19 heavy (non-hydrogen) atoms. The van der Waals surface area contributed by atoms with Crippen LogP contribution in [0.2, 0.25) is 0 Å². The van der Waals surface area contributed by atoms with E-state index in [9.17, 15) is 22.0 Å². The Hall–Kier alpha value is -1.30. The predicted octanol–water partition coefficient (Wildman–Crippen LogP) is 2.04. The fourth-order valence-corrected chi connectivity index (χ4v) is 4.20. The van der Waals surface area contributed by atoms with Gasteiger partial charge in [-0.15, -0.1) is 0 Å². The third kappa shape index (κ3) is 3.18. The number of halogens is 2. The van der Waals surface area contributed by atoms with Crippen LogP contribution in [0, 0.1) is 11.6 Å². The van der Waals surface area contributed by atoms with Gasteiger partial charge in [0.05, 0.1) is 5.75 Å². The van der Waals surface area contributed by atoms with Crippen molar-refractivity contribution in [1.82, 2.24) is 0 Å². The van der Waals surface area contributed by atoms with Crippen molar-refractivity contribution in [3.63, 3.8) is 0 Å². The third-order valence-corrected chi connectivity index (χ3v) is 5.53. The second-order valence-electron chi connectivity index (χ2n) is 4.73. The summed E-state index contributed by atoms with van der Waals surface area (Å²) in [5.41, 5.74) is -0.0919. The van der Waals surface area contributed by atoms with E-state index in [1.54, 1.807) is 0 Å². The molecule has 0 radical (unpaired) electrons. The molecule has 1 fully saturated rings. The zero-order valence-corrected chi connectivity index (χ0v) is 11.1. The molecule has 1 unspecified atom stereocenters. The van der Waals surface area contributed by atoms with Crippen LogP contribution in [0.5, 0.6) is 0 Å². The predicted molar refractivity (Wildman–Crippen MR) is 66.5 cm³/mol. The van der Waals surface area contributed by atoms with E-state index in [0.29, 0.717) is 12.8 Å². The molecule has 0 bridgehead atoms. The Morgan fingerprint density at radius 1 is 1.26 bits per heavy atom. The van der Waals surface area contributed by atoms with Crippen LogP contribution in [0.1, 0.15) is 24.8 Å². The first-order chi connectivity index (χ1) is 8.90. The molecule has 1 heterocycles. The summed E-state index contributed by atoms with van der Waals surface area (Å²) in [6, 6.07) is 2.83. The third-order valence-electron chi connectivity index (χ3n) is 3.31. The van der Waals surface area contributed by atoms with Crippen LogP contribution in [0.15, 0.2) is 18.2 Å². The molecule has 0 saturated carbocycles. The van der Waals surface area contributed by atoms with Crippen LogP contribution < -0.4 is 0 Å². The zero-order valence-electron chi connectivity index (χ0n) is 10.2. The van der Waals surface area contributed by atoms with Gasteiger partial charge in [0, 0.05) is 6.42 Å². The molecule has 1 aliphatic rings. The molecule has 2 rings (SSSR count). The molecule has 1 saturated heterocycles. The van der Waals surface area contributed by atoms with E-state index in [0.717, 1.165) is 18.2 Å². The van der Waals surface area contributed by atoms with Gasteiger partial charge in [0.1, 0.15) is 16.9 Å². The number of ketones is 1. The molecule has 0 amide bonds. The normalized spacial score (nSPS) is 22.1. The van der Waals surface area contributed by atoms with Crippen LogP contribution in [0.4, 0.5) is 8.78 Å². The number of Topliss-reactive ketones (excluding diaryl/α,β-unsaturated/α-hetero) is 1. The number of sulfone groups is 1. The Kier molecular flexibility index (Phi) is 3.99. The summed E-state index contributed by atoms with van der Waals surface area (Å²) in [4.78, 5) is 12.0. The van der Waals surface area contributed by atoms with Crippen molar-refractivity contribution >= 4 is 15.6 Å². The maximum Gasteiger partial charge on any atom is 0.160 e. The highest BCUT2D eigenvalue weighted by Crippen LogP contribution is 2.22. The summed E-state index contributed by atoms with van der Waals surface area (Å²) in [6.07, 6.45) is 1.12. The second-order valence-corrected chi connectivity index (χ2v) is 7.03. The summed E-state index contributed by atoms with van der Waals surface area (Å²) in [7, 11) is -3.43. The van der Waals surface area contributed by atoms with Gasteiger partial charge >= 0.3 is 0 Å². The maximum absolute atomic E-state index is 13.4. The first-order valence-corrected chi connectivity index (χ1v) is 7.80. The molecule has 0 aliphatic carbocycles. The summed E-state index contributed by atoms with van der Waals surface area (Å²) in [5, 5.41) is -1.07. The van der Waals surface area contributed by atoms with E-state index in [4.69, 9.17) is 0 Å². The molecule has 6 heteroatoms. The number of benzene rings is 1. The van der Waals surface area contributed by atoms with Crippen molar-refractivity contribution in [3.05, 3.63) is 35.4 Å². The highest BCUT2D eigenvalue weighted by Gasteiger charge is 2.34. The van der Waals surface area contributed by atoms with Crippen molar-refractivity contribution in [1.29, 1.82) is 0 Å². The molecule has 1 aromatic rings. The number of rotatable bonds is 3. The summed E-state index contributed by atoms with van der Waals surface area (Å²) in [5.74, 6) is -1.89. The molecule has 1 aliphatic heterocycles. The van der Waals surface area contributed by atoms with Crippen LogP contribution >= 0.6 is 0 Å². The fourth-order valence-electron chi connectivity index (χ4n) is 2.30. The summed E-state index contributed by atoms with van der Waals surface area (Å²) in [6.45, 7) is 0. The van der Waals surface area contributed by atoms with Gasteiger partial charge in [-0.25, -0.2) is 17.2 Å². The van der Waals surface area contributed by atoms with Gasteiger partial charge in [-0.2, -0.15) is 0 Å². The SMILES string of the molecule is O=C(Cc1cc(F)ccc1F)C1CCCCS1(=O)=O. The largest absolute Gasteiger partial charge is 0.298 e. The highest BCUT2D eigenvalue weighted by atomic mass is 32.2. The Morgan fingerprint density at radius 2 is 2.00 bits per heavy atom. The quantitative estimate of drug-likeness (QED) is 0.855. The van der Waals surface area contributed by atoms with E-state index >= 15 is 0 Å². The molecular formula is C13H14F2O3S. The van der Waals surface area contributed by atoms with E-state index in [2.05, 4.69) is 0 Å². The van der Waals surface area contributed by atoms with Crippen molar-refractivity contribution < 1.29 is 22.0 Å². The lowest BCUT2D eigenvalue weighted by atomic mass is 10.0. The molecule has 3 nitrogen and oxygen atoms in total. The van der Waals surface area contributed by atoms with Crippen LogP contribution in [-0.2, 0) is 21.1 Å². The smallest absolute Gasteiger partial charge is 0.160 e. The molecule has 1 atom stereocenters. The second kappa shape index (κ2) is 5.36. The Bertz CT molecular complexity index is 596. The van der Waals surface area contributed by atoms with Gasteiger partial charge in [-0.05, 0) is 36.6 Å². The van der Waals surface area contributed by atoms with E-state index in [-0.39, 0.29) is 24.2 Å². The minimum absolute atomic E-state index is 0.00492. The van der Waals surface area contributed by atoms with Crippen LogP contribution in [0.25, 0.3) is 0 Å². The minimum Gasteiger partial charge on any atom is -0.298 e.